The molecule has 0 atom stereocenters. The fourth-order valence-corrected chi connectivity index (χ4v) is 4.65. The Morgan fingerprint density at radius 2 is 1.90 bits per heavy atom. The lowest BCUT2D eigenvalue weighted by Crippen LogP contribution is -2.42. The van der Waals surface area contributed by atoms with E-state index >= 15 is 0 Å². The maximum Gasteiger partial charge on any atom is 0.335 e. The van der Waals surface area contributed by atoms with Crippen LogP contribution in [-0.2, 0) is 20.8 Å². The summed E-state index contributed by atoms with van der Waals surface area (Å²) in [5.41, 5.74) is -0.300. The Kier molecular flexibility index (Phi) is 4.21. The third-order valence-electron chi connectivity index (χ3n) is 2.93. The van der Waals surface area contributed by atoms with Gasteiger partial charge in [-0.15, -0.1) is 0 Å². The number of benzene rings is 1. The van der Waals surface area contributed by atoms with Crippen molar-refractivity contribution in [3.63, 3.8) is 0 Å². The highest BCUT2D eigenvalue weighted by atomic mass is 32.2. The van der Waals surface area contributed by atoms with E-state index in [4.69, 9.17) is 5.11 Å². The van der Waals surface area contributed by atoms with E-state index in [9.17, 15) is 21.8 Å². The lowest BCUT2D eigenvalue weighted by Gasteiger charge is -2.25. The highest BCUT2D eigenvalue weighted by Crippen LogP contribution is 2.22. The largest absolute Gasteiger partial charge is 0.478 e. The molecule has 0 unspecified atom stereocenters. The molecule has 0 amide bonds. The lowest BCUT2D eigenvalue weighted by atomic mass is 10.2. The molecule has 1 aliphatic heterocycles. The van der Waals surface area contributed by atoms with Crippen LogP contribution in [0.4, 0.5) is 4.39 Å². The summed E-state index contributed by atoms with van der Waals surface area (Å²) in [6.07, 6.45) is 0. The van der Waals surface area contributed by atoms with Crippen molar-refractivity contribution in [2.75, 3.05) is 24.6 Å². The van der Waals surface area contributed by atoms with E-state index in [0.29, 0.717) is 0 Å². The van der Waals surface area contributed by atoms with Crippen LogP contribution in [0.5, 0.6) is 0 Å². The van der Waals surface area contributed by atoms with Gasteiger partial charge >= 0.3 is 5.97 Å². The Hall–Kier alpha value is -1.32. The Bertz CT molecular complexity index is 663. The summed E-state index contributed by atoms with van der Waals surface area (Å²) in [7, 11) is -5.17. The minimum atomic E-state index is -4.11. The fraction of sp³-hybridized carbons (Fsp3) is 0.364. The maximum absolute atomic E-state index is 13.7. The van der Waals surface area contributed by atoms with E-state index in [2.05, 4.69) is 0 Å². The first-order valence-electron chi connectivity index (χ1n) is 5.70. The molecule has 1 aromatic carbocycles. The molecule has 1 N–H and O–H groups in total. The van der Waals surface area contributed by atoms with Crippen molar-refractivity contribution in [1.82, 2.24) is 4.31 Å². The molecule has 0 radical (unpaired) electrons. The van der Waals surface area contributed by atoms with Gasteiger partial charge in [0.05, 0.1) is 5.56 Å². The molecule has 110 valence electrons. The standard InChI is InChI=1S/C11H12FNO5S2/c12-9-2-1-8(11(14)15)7-10(9)20(17,18)13-3-5-19(16)6-4-13/h1-2,7H,3-6H2,(H,14,15). The molecule has 0 aromatic heterocycles. The van der Waals surface area contributed by atoms with Crippen molar-refractivity contribution in [2.24, 2.45) is 0 Å². The van der Waals surface area contributed by atoms with E-state index in [1.165, 1.54) is 0 Å². The molecule has 1 saturated heterocycles. The molecule has 9 heteroatoms. The Balaban J connectivity index is 2.41. The van der Waals surface area contributed by atoms with E-state index in [1.54, 1.807) is 0 Å². The maximum atomic E-state index is 13.7. The predicted molar refractivity (Wildman–Crippen MR) is 70.0 cm³/mol. The fourth-order valence-electron chi connectivity index (χ4n) is 1.83. The number of halogens is 1. The second-order valence-corrected chi connectivity index (χ2v) is 7.81. The van der Waals surface area contributed by atoms with Gasteiger partial charge in [0.25, 0.3) is 0 Å². The number of rotatable bonds is 3. The quantitative estimate of drug-likeness (QED) is 0.863. The number of carbonyl (C=O) groups is 1. The Morgan fingerprint density at radius 1 is 1.30 bits per heavy atom. The molecule has 1 aliphatic rings. The van der Waals surface area contributed by atoms with Gasteiger partial charge in [-0.25, -0.2) is 17.6 Å². The van der Waals surface area contributed by atoms with Gasteiger partial charge in [0.15, 0.2) is 0 Å². The summed E-state index contributed by atoms with van der Waals surface area (Å²) >= 11 is 0. The molecule has 1 aromatic rings. The van der Waals surface area contributed by atoms with Crippen LogP contribution in [0.3, 0.4) is 0 Å². The van der Waals surface area contributed by atoms with Crippen molar-refractivity contribution in [3.05, 3.63) is 29.6 Å². The first-order chi connectivity index (χ1) is 9.32. The van der Waals surface area contributed by atoms with E-state index in [0.717, 1.165) is 22.5 Å². The van der Waals surface area contributed by atoms with Crippen LogP contribution < -0.4 is 0 Å². The Morgan fingerprint density at radius 3 is 2.45 bits per heavy atom. The smallest absolute Gasteiger partial charge is 0.335 e. The summed E-state index contributed by atoms with van der Waals surface area (Å²) in [6.45, 7) is 0.0668. The van der Waals surface area contributed by atoms with Crippen molar-refractivity contribution in [2.45, 2.75) is 4.90 Å². The van der Waals surface area contributed by atoms with Crippen molar-refractivity contribution in [3.8, 4) is 0 Å². The minimum absolute atomic E-state index is 0.0334. The lowest BCUT2D eigenvalue weighted by molar-refractivity contribution is 0.0696. The van der Waals surface area contributed by atoms with Crippen LogP contribution in [0.25, 0.3) is 0 Å². The van der Waals surface area contributed by atoms with Gasteiger partial charge in [-0.3, -0.25) is 4.21 Å². The number of carboxylic acids is 1. The van der Waals surface area contributed by atoms with Crippen molar-refractivity contribution in [1.29, 1.82) is 0 Å². The molecule has 0 spiro atoms. The van der Waals surface area contributed by atoms with Crippen molar-refractivity contribution < 1.29 is 26.9 Å². The summed E-state index contributed by atoms with van der Waals surface area (Å²) in [4.78, 5) is 10.2. The number of nitrogens with zero attached hydrogens (tertiary/aromatic N) is 1. The van der Waals surface area contributed by atoms with E-state index in [-0.39, 0.29) is 30.2 Å². The van der Waals surface area contributed by atoms with Gasteiger partial charge in [0.2, 0.25) is 10.0 Å². The molecule has 1 fully saturated rings. The van der Waals surface area contributed by atoms with Gasteiger partial charge in [-0.1, -0.05) is 0 Å². The van der Waals surface area contributed by atoms with Gasteiger partial charge in [0.1, 0.15) is 10.7 Å². The van der Waals surface area contributed by atoms with Gasteiger partial charge in [0, 0.05) is 35.4 Å². The third-order valence-corrected chi connectivity index (χ3v) is 6.12. The molecular weight excluding hydrogens is 309 g/mol. The normalized spacial score (nSPS) is 18.1. The highest BCUT2D eigenvalue weighted by Gasteiger charge is 2.31. The van der Waals surface area contributed by atoms with Crippen LogP contribution in [0.1, 0.15) is 10.4 Å². The number of aromatic carboxylic acids is 1. The second-order valence-electron chi connectivity index (χ2n) is 4.20. The third kappa shape index (κ3) is 2.89. The van der Waals surface area contributed by atoms with E-state index in [1.807, 2.05) is 0 Å². The Labute approximate surface area is 117 Å². The van der Waals surface area contributed by atoms with E-state index < -0.39 is 37.5 Å². The number of hydrogen-bond donors (Lipinski definition) is 1. The van der Waals surface area contributed by atoms with Gasteiger partial charge in [-0.2, -0.15) is 4.31 Å². The van der Waals surface area contributed by atoms with Crippen LogP contribution in [-0.4, -0.2) is 52.6 Å². The SMILES string of the molecule is O=C(O)c1ccc(F)c(S(=O)(=O)N2CCS(=O)CC2)c1. The highest BCUT2D eigenvalue weighted by molar-refractivity contribution is 7.89. The minimum Gasteiger partial charge on any atom is -0.478 e. The number of hydrogen-bond acceptors (Lipinski definition) is 4. The van der Waals surface area contributed by atoms with Gasteiger partial charge in [-0.05, 0) is 18.2 Å². The molecule has 0 aliphatic carbocycles. The molecule has 2 rings (SSSR count). The molecular formula is C11H12FNO5S2. The second kappa shape index (κ2) is 5.58. The zero-order valence-electron chi connectivity index (χ0n) is 10.3. The van der Waals surface area contributed by atoms with Gasteiger partial charge < -0.3 is 5.11 Å². The molecule has 0 saturated carbocycles. The summed E-state index contributed by atoms with van der Waals surface area (Å²) in [5.74, 6) is -1.94. The summed E-state index contributed by atoms with van der Waals surface area (Å²) < 4.78 is 50.5. The molecule has 0 bridgehead atoms. The summed E-state index contributed by atoms with van der Waals surface area (Å²) in [5, 5.41) is 8.84. The number of carboxylic acid groups (broad SMARTS) is 1. The van der Waals surface area contributed by atoms with Crippen molar-refractivity contribution >= 4 is 26.8 Å². The average Bonchev–Trinajstić information content (AvgIpc) is 2.39. The first-order valence-corrected chi connectivity index (χ1v) is 8.63. The molecule has 1 heterocycles. The van der Waals surface area contributed by atoms with Crippen LogP contribution in [0.2, 0.25) is 0 Å². The predicted octanol–water partition coefficient (Wildman–Crippen LogP) is 0.277. The van der Waals surface area contributed by atoms with Crippen LogP contribution in [0.15, 0.2) is 23.1 Å². The monoisotopic (exact) mass is 321 g/mol. The first kappa shape index (κ1) is 15.1. The van der Waals surface area contributed by atoms with Crippen LogP contribution >= 0.6 is 0 Å². The molecule has 20 heavy (non-hydrogen) atoms. The van der Waals surface area contributed by atoms with Crippen LogP contribution in [0, 0.1) is 5.82 Å². The average molecular weight is 321 g/mol. The zero-order valence-corrected chi connectivity index (χ0v) is 11.9. The molecule has 6 nitrogen and oxygen atoms in total. The zero-order chi connectivity index (χ0) is 14.9. The summed E-state index contributed by atoms with van der Waals surface area (Å²) in [6, 6.07) is 2.62. The number of sulfonamides is 1. The topological polar surface area (TPSA) is 91.8 Å².